The first kappa shape index (κ1) is 14.4. The lowest BCUT2D eigenvalue weighted by Crippen LogP contribution is -2.17. The standard InChI is InChI=1S/C15H13BrO4/c1-18-12-6-8-14(9-7-12)20-15(17)10-19-13-4-2-11(16)3-5-13/h2-9H,10H2,1H3. The van der Waals surface area contributed by atoms with E-state index in [4.69, 9.17) is 14.2 Å². The van der Waals surface area contributed by atoms with Gasteiger partial charge in [0.15, 0.2) is 6.61 Å². The number of halogens is 1. The highest BCUT2D eigenvalue weighted by Gasteiger charge is 2.06. The number of methoxy groups -OCH3 is 1. The van der Waals surface area contributed by atoms with E-state index in [2.05, 4.69) is 15.9 Å². The number of carbonyl (C=O) groups is 1. The molecule has 0 aliphatic carbocycles. The van der Waals surface area contributed by atoms with E-state index >= 15 is 0 Å². The predicted octanol–water partition coefficient (Wildman–Crippen LogP) is 3.44. The van der Waals surface area contributed by atoms with Crippen molar-refractivity contribution in [1.82, 2.24) is 0 Å². The molecule has 2 aromatic rings. The number of hydrogen-bond acceptors (Lipinski definition) is 4. The van der Waals surface area contributed by atoms with Gasteiger partial charge in [0.2, 0.25) is 0 Å². The van der Waals surface area contributed by atoms with E-state index in [0.29, 0.717) is 17.2 Å². The van der Waals surface area contributed by atoms with E-state index in [0.717, 1.165) is 4.47 Å². The molecule has 0 radical (unpaired) electrons. The number of esters is 1. The molecule has 0 amide bonds. The van der Waals surface area contributed by atoms with Gasteiger partial charge in [-0.05, 0) is 48.5 Å². The van der Waals surface area contributed by atoms with Gasteiger partial charge >= 0.3 is 5.97 Å². The summed E-state index contributed by atoms with van der Waals surface area (Å²) < 4.78 is 16.4. The molecule has 0 heterocycles. The van der Waals surface area contributed by atoms with Gasteiger partial charge in [-0.25, -0.2) is 4.79 Å². The third-order valence-electron chi connectivity index (χ3n) is 2.46. The number of carbonyl (C=O) groups excluding carboxylic acids is 1. The smallest absolute Gasteiger partial charge is 0.349 e. The fourth-order valence-corrected chi connectivity index (χ4v) is 1.74. The molecule has 0 atom stereocenters. The molecular weight excluding hydrogens is 324 g/mol. The Morgan fingerprint density at radius 2 is 1.50 bits per heavy atom. The van der Waals surface area contributed by atoms with Crippen LogP contribution in [0.2, 0.25) is 0 Å². The highest BCUT2D eigenvalue weighted by Crippen LogP contribution is 2.18. The van der Waals surface area contributed by atoms with E-state index in [9.17, 15) is 4.79 Å². The van der Waals surface area contributed by atoms with Crippen LogP contribution in [-0.4, -0.2) is 19.7 Å². The van der Waals surface area contributed by atoms with Crippen molar-refractivity contribution in [2.24, 2.45) is 0 Å². The van der Waals surface area contributed by atoms with Crippen LogP contribution in [-0.2, 0) is 4.79 Å². The SMILES string of the molecule is COc1ccc(OC(=O)COc2ccc(Br)cc2)cc1. The van der Waals surface area contributed by atoms with Crippen LogP contribution in [0.3, 0.4) is 0 Å². The Hall–Kier alpha value is -2.01. The number of ether oxygens (including phenoxy) is 3. The molecule has 5 heteroatoms. The normalized spacial score (nSPS) is 9.90. The Kier molecular flexibility index (Phi) is 5.01. The highest BCUT2D eigenvalue weighted by atomic mass is 79.9. The lowest BCUT2D eigenvalue weighted by atomic mass is 10.3. The van der Waals surface area contributed by atoms with Crippen molar-refractivity contribution in [1.29, 1.82) is 0 Å². The minimum Gasteiger partial charge on any atom is -0.497 e. The summed E-state index contributed by atoms with van der Waals surface area (Å²) in [7, 11) is 1.58. The molecule has 2 rings (SSSR count). The van der Waals surface area contributed by atoms with Crippen molar-refractivity contribution in [3.8, 4) is 17.2 Å². The van der Waals surface area contributed by atoms with Gasteiger partial charge in [0.05, 0.1) is 7.11 Å². The average Bonchev–Trinajstić information content (AvgIpc) is 2.47. The summed E-state index contributed by atoms with van der Waals surface area (Å²) in [6, 6.07) is 14.0. The molecule has 4 nitrogen and oxygen atoms in total. The third-order valence-corrected chi connectivity index (χ3v) is 2.99. The van der Waals surface area contributed by atoms with Crippen molar-refractivity contribution >= 4 is 21.9 Å². The summed E-state index contributed by atoms with van der Waals surface area (Å²) in [6.45, 7) is -0.145. The Morgan fingerprint density at radius 1 is 0.950 bits per heavy atom. The van der Waals surface area contributed by atoms with E-state index in [1.807, 2.05) is 12.1 Å². The van der Waals surface area contributed by atoms with Gasteiger partial charge in [0.1, 0.15) is 17.2 Å². The average molecular weight is 337 g/mol. The second kappa shape index (κ2) is 6.96. The molecule has 0 N–H and O–H groups in total. The largest absolute Gasteiger partial charge is 0.497 e. The maximum Gasteiger partial charge on any atom is 0.349 e. The first-order chi connectivity index (χ1) is 9.67. The number of benzene rings is 2. The predicted molar refractivity (Wildman–Crippen MR) is 78.3 cm³/mol. The summed E-state index contributed by atoms with van der Waals surface area (Å²) in [5, 5.41) is 0. The lowest BCUT2D eigenvalue weighted by molar-refractivity contribution is -0.136. The monoisotopic (exact) mass is 336 g/mol. The van der Waals surface area contributed by atoms with Crippen LogP contribution >= 0.6 is 15.9 Å². The van der Waals surface area contributed by atoms with E-state index in [-0.39, 0.29) is 6.61 Å². The lowest BCUT2D eigenvalue weighted by Gasteiger charge is -2.07. The zero-order chi connectivity index (χ0) is 14.4. The van der Waals surface area contributed by atoms with Crippen molar-refractivity contribution in [3.05, 3.63) is 53.0 Å². The van der Waals surface area contributed by atoms with Gasteiger partial charge in [-0.2, -0.15) is 0 Å². The molecule has 0 aliphatic heterocycles. The summed E-state index contributed by atoms with van der Waals surface area (Å²) in [6.07, 6.45) is 0. The summed E-state index contributed by atoms with van der Waals surface area (Å²) in [4.78, 5) is 11.6. The molecule has 104 valence electrons. The molecule has 0 spiro atoms. The topological polar surface area (TPSA) is 44.8 Å². The molecule has 2 aromatic carbocycles. The fourth-order valence-electron chi connectivity index (χ4n) is 1.48. The quantitative estimate of drug-likeness (QED) is 0.619. The maximum absolute atomic E-state index is 11.6. The second-order valence-corrected chi connectivity index (χ2v) is 4.81. The van der Waals surface area contributed by atoms with Gasteiger partial charge in [-0.3, -0.25) is 0 Å². The van der Waals surface area contributed by atoms with Crippen LogP contribution in [0.25, 0.3) is 0 Å². The molecule has 20 heavy (non-hydrogen) atoms. The number of hydrogen-bond donors (Lipinski definition) is 0. The van der Waals surface area contributed by atoms with Crippen LogP contribution in [0, 0.1) is 0 Å². The first-order valence-corrected chi connectivity index (χ1v) is 6.70. The van der Waals surface area contributed by atoms with Crippen LogP contribution in [0.1, 0.15) is 0 Å². The highest BCUT2D eigenvalue weighted by molar-refractivity contribution is 9.10. The first-order valence-electron chi connectivity index (χ1n) is 5.90. The van der Waals surface area contributed by atoms with Crippen molar-refractivity contribution < 1.29 is 19.0 Å². The molecule has 0 saturated carbocycles. The van der Waals surface area contributed by atoms with Gasteiger partial charge in [0.25, 0.3) is 0 Å². The van der Waals surface area contributed by atoms with Crippen molar-refractivity contribution in [3.63, 3.8) is 0 Å². The Labute approximate surface area is 125 Å². The van der Waals surface area contributed by atoms with Crippen LogP contribution in [0.15, 0.2) is 53.0 Å². The van der Waals surface area contributed by atoms with Crippen LogP contribution < -0.4 is 14.2 Å². The molecule has 0 unspecified atom stereocenters. The summed E-state index contributed by atoms with van der Waals surface area (Å²) >= 11 is 3.32. The van der Waals surface area contributed by atoms with Crippen molar-refractivity contribution in [2.45, 2.75) is 0 Å². The number of rotatable bonds is 5. The van der Waals surface area contributed by atoms with E-state index < -0.39 is 5.97 Å². The van der Waals surface area contributed by atoms with Gasteiger partial charge in [-0.1, -0.05) is 15.9 Å². The Balaban J connectivity index is 1.84. The van der Waals surface area contributed by atoms with Crippen LogP contribution in [0.4, 0.5) is 0 Å². The summed E-state index contributed by atoms with van der Waals surface area (Å²) in [5.41, 5.74) is 0. The molecule has 0 aliphatic rings. The second-order valence-electron chi connectivity index (χ2n) is 3.89. The van der Waals surface area contributed by atoms with Crippen molar-refractivity contribution in [2.75, 3.05) is 13.7 Å². The minimum absolute atomic E-state index is 0.145. The van der Waals surface area contributed by atoms with E-state index in [1.165, 1.54) is 0 Å². The molecule has 0 saturated heterocycles. The van der Waals surface area contributed by atoms with Crippen LogP contribution in [0.5, 0.6) is 17.2 Å². The van der Waals surface area contributed by atoms with E-state index in [1.54, 1.807) is 43.5 Å². The molecule has 0 bridgehead atoms. The Morgan fingerprint density at radius 3 is 2.10 bits per heavy atom. The zero-order valence-corrected chi connectivity index (χ0v) is 12.4. The zero-order valence-electron chi connectivity index (χ0n) is 10.8. The Bertz CT molecular complexity index is 563. The molecular formula is C15H13BrO4. The maximum atomic E-state index is 11.6. The van der Waals surface area contributed by atoms with Gasteiger partial charge in [0, 0.05) is 4.47 Å². The molecule has 0 aromatic heterocycles. The van der Waals surface area contributed by atoms with Gasteiger partial charge in [-0.15, -0.1) is 0 Å². The molecule has 0 fully saturated rings. The fraction of sp³-hybridized carbons (Fsp3) is 0.133. The minimum atomic E-state index is -0.460. The summed E-state index contributed by atoms with van der Waals surface area (Å²) in [5.74, 6) is 1.31. The van der Waals surface area contributed by atoms with Gasteiger partial charge < -0.3 is 14.2 Å². The third kappa shape index (κ3) is 4.28.